The summed E-state index contributed by atoms with van der Waals surface area (Å²) >= 11 is 2.26. The van der Waals surface area contributed by atoms with Crippen molar-refractivity contribution in [1.82, 2.24) is 20.0 Å². The Bertz CT molecular complexity index is 3880. The highest BCUT2D eigenvalue weighted by Gasteiger charge is 2.30. The zero-order valence-electron chi connectivity index (χ0n) is 36.9. The van der Waals surface area contributed by atoms with Crippen LogP contribution < -0.4 is 4.74 Å². The fraction of sp³-hybridized carbons (Fsp3) is 0.222. The molecule has 0 spiro atoms. The third-order valence-electron chi connectivity index (χ3n) is 9.44. The van der Waals surface area contributed by atoms with Crippen molar-refractivity contribution in [3.8, 4) is 23.1 Å². The molecule has 7 N–H and O–H groups in total. The summed E-state index contributed by atoms with van der Waals surface area (Å²) in [6.45, 7) is 2.33. The van der Waals surface area contributed by atoms with Crippen molar-refractivity contribution in [3.05, 3.63) is 59.8 Å². The zero-order valence-corrected chi connectivity index (χ0v) is 42.6. The molecule has 4 aromatic carbocycles. The number of aromatic hydroxyl groups is 2. The first-order valence-corrected chi connectivity index (χ1v) is 28.7. The van der Waals surface area contributed by atoms with E-state index >= 15 is 0 Å². The van der Waals surface area contributed by atoms with Gasteiger partial charge in [0, 0.05) is 22.6 Å². The molecule has 6 rings (SSSR count). The molecule has 0 aliphatic heterocycles. The Kier molecular flexibility index (Phi) is 16.4. The number of aromatic nitrogens is 4. The monoisotopic (exact) mass is 1150 g/mol. The first-order valence-electron chi connectivity index (χ1n) is 19.5. The number of hydrogen-bond acceptors (Lipinski definition) is 26. The van der Waals surface area contributed by atoms with E-state index in [-0.39, 0.29) is 47.4 Å². The predicted molar refractivity (Wildman–Crippen MR) is 252 cm³/mol. The van der Waals surface area contributed by atoms with Crippen molar-refractivity contribution in [1.29, 1.82) is 0 Å². The van der Waals surface area contributed by atoms with Crippen molar-refractivity contribution >= 4 is 124 Å². The van der Waals surface area contributed by atoms with Crippen LogP contribution >= 0.6 is 23.1 Å². The van der Waals surface area contributed by atoms with Gasteiger partial charge >= 0.3 is 5.97 Å². The third kappa shape index (κ3) is 13.6. The molecule has 0 amide bonds. The van der Waals surface area contributed by atoms with Crippen molar-refractivity contribution in [2.24, 2.45) is 30.7 Å². The summed E-state index contributed by atoms with van der Waals surface area (Å²) in [5, 5.41) is 56.6. The van der Waals surface area contributed by atoms with E-state index < -0.39 is 127 Å². The number of ether oxygens (including phenoxy) is 2. The second-order valence-corrected chi connectivity index (χ2v) is 23.9. The maximum absolute atomic E-state index is 13.0. The SMILES string of the molecule is COC(=O)CCSc1nnc(N=Nc2cc(OCCCS(=O)(=O)O)c(N=Nc3c(S(=O)(=O)O)cc4c(S(=O)(=O)O)c(N=Nc5c(C)nn(-c6ccc(S(=O)(=O)O)cc6S(=O)(=O)O)c5O)ccc4c3O)cc2C)s1. The van der Waals surface area contributed by atoms with Crippen LogP contribution in [0.25, 0.3) is 16.5 Å². The Balaban J connectivity index is 1.41. The second kappa shape index (κ2) is 21.5. The lowest BCUT2D eigenvalue weighted by molar-refractivity contribution is -0.140. The number of fused-ring (bicyclic) bond motifs is 1. The molecule has 73 heavy (non-hydrogen) atoms. The molecular formula is C36H34N10O20S7. The maximum Gasteiger partial charge on any atom is 0.306 e. The summed E-state index contributed by atoms with van der Waals surface area (Å²) in [6, 6.07) is 6.61. The van der Waals surface area contributed by atoms with Gasteiger partial charge in [0.25, 0.3) is 55.7 Å². The van der Waals surface area contributed by atoms with Crippen LogP contribution in [0, 0.1) is 13.8 Å². The van der Waals surface area contributed by atoms with E-state index in [1.165, 1.54) is 44.9 Å². The van der Waals surface area contributed by atoms with E-state index in [0.29, 0.717) is 38.5 Å². The Morgan fingerprint density at radius 1 is 0.712 bits per heavy atom. The number of benzene rings is 4. The summed E-state index contributed by atoms with van der Waals surface area (Å²) in [4.78, 5) is 6.76. The molecule has 2 aromatic heterocycles. The maximum atomic E-state index is 13.0. The zero-order chi connectivity index (χ0) is 54.0. The highest BCUT2D eigenvalue weighted by atomic mass is 32.2. The first-order chi connectivity index (χ1) is 33.9. The summed E-state index contributed by atoms with van der Waals surface area (Å²) in [5.74, 6) is -3.19. The van der Waals surface area contributed by atoms with Gasteiger partial charge in [0.1, 0.15) is 37.5 Å². The van der Waals surface area contributed by atoms with Crippen LogP contribution in [-0.4, -0.2) is 126 Å². The summed E-state index contributed by atoms with van der Waals surface area (Å²) in [7, 11) is -24.5. The number of methoxy groups -OCH3 is 1. The highest BCUT2D eigenvalue weighted by Crippen LogP contribution is 2.47. The molecule has 390 valence electrons. The molecule has 6 aromatic rings. The minimum atomic E-state index is -5.52. The van der Waals surface area contributed by atoms with Gasteiger partial charge in [-0.2, -0.15) is 51.9 Å². The van der Waals surface area contributed by atoms with Gasteiger partial charge in [-0.3, -0.25) is 27.6 Å². The van der Waals surface area contributed by atoms with E-state index in [1.807, 2.05) is 0 Å². The molecular weight excluding hydrogens is 1120 g/mol. The number of phenolic OH excluding ortho intramolecular Hbond substituents is 1. The van der Waals surface area contributed by atoms with E-state index in [4.69, 9.17) is 4.74 Å². The van der Waals surface area contributed by atoms with Crippen molar-refractivity contribution in [2.75, 3.05) is 25.2 Å². The Morgan fingerprint density at radius 3 is 2.00 bits per heavy atom. The second-order valence-electron chi connectivity index (χ2n) is 14.5. The predicted octanol–water partition coefficient (Wildman–Crippen LogP) is 6.45. The molecule has 0 saturated heterocycles. The van der Waals surface area contributed by atoms with Crippen LogP contribution in [0.3, 0.4) is 0 Å². The highest BCUT2D eigenvalue weighted by molar-refractivity contribution is 8.01. The molecule has 0 saturated carbocycles. The van der Waals surface area contributed by atoms with E-state index in [0.717, 1.165) is 29.5 Å². The van der Waals surface area contributed by atoms with E-state index in [1.54, 1.807) is 0 Å². The number of thioether (sulfide) groups is 1. The van der Waals surface area contributed by atoms with E-state index in [2.05, 4.69) is 50.7 Å². The molecule has 0 radical (unpaired) electrons. The minimum Gasteiger partial charge on any atom is -0.505 e. The van der Waals surface area contributed by atoms with Crippen molar-refractivity contribution in [2.45, 2.75) is 50.6 Å². The Labute approximate surface area is 420 Å². The van der Waals surface area contributed by atoms with Crippen LogP contribution in [0.2, 0.25) is 0 Å². The summed E-state index contributed by atoms with van der Waals surface area (Å²) in [6.07, 6.45) is -0.141. The number of rotatable bonds is 20. The fourth-order valence-corrected chi connectivity index (χ4v) is 11.0. The van der Waals surface area contributed by atoms with Gasteiger partial charge in [0.15, 0.2) is 15.8 Å². The van der Waals surface area contributed by atoms with Gasteiger partial charge in [-0.1, -0.05) is 23.1 Å². The molecule has 0 fully saturated rings. The Morgan fingerprint density at radius 2 is 1.37 bits per heavy atom. The molecule has 30 nitrogen and oxygen atoms in total. The average molecular weight is 1150 g/mol. The van der Waals surface area contributed by atoms with Gasteiger partial charge in [0.2, 0.25) is 5.88 Å². The lowest BCUT2D eigenvalue weighted by Gasteiger charge is -2.13. The summed E-state index contributed by atoms with van der Waals surface area (Å²) < 4.78 is 183. The van der Waals surface area contributed by atoms with Crippen LogP contribution in [0.5, 0.6) is 17.4 Å². The number of phenols is 1. The number of azo groups is 3. The largest absolute Gasteiger partial charge is 0.505 e. The van der Waals surface area contributed by atoms with Gasteiger partial charge in [-0.15, -0.1) is 40.9 Å². The molecule has 0 unspecified atom stereocenters. The number of nitrogens with zero attached hydrogens (tertiary/aromatic N) is 10. The molecule has 37 heteroatoms. The normalized spacial score (nSPS) is 13.0. The molecule has 0 aliphatic rings. The minimum absolute atomic E-state index is 0.101. The number of carbonyl (C=O) groups is 1. The standard InChI is InChI=1S/C36H34N10O20S7/c1-17-13-24(26(66-10-4-12-69(50,51)52)16-23(17)38-42-35-43-44-36(68-35)67-11-9-29(47)65-3)39-41-31-28(72(59,60)61)15-21-20(32(31)48)6-7-22(33(21)73(62,63)64)37-40-30-18(2)45-46(34(30)49)25-8-5-19(70(53,54)55)14-27(25)71(56,57)58/h5-8,13-16,48-49H,4,9-12H2,1-3H3,(H,50,51,52)(H,53,54,55)(H,56,57,58)(H,59,60,61)(H,62,63,64). The van der Waals surface area contributed by atoms with Crippen LogP contribution in [0.4, 0.5) is 33.6 Å². The number of aryl methyl sites for hydroxylation is 2. The smallest absolute Gasteiger partial charge is 0.306 e. The Hall–Kier alpha value is -6.52. The number of carbonyl (C=O) groups excluding carboxylic acids is 1. The van der Waals surface area contributed by atoms with Crippen molar-refractivity contribution in [3.63, 3.8) is 0 Å². The van der Waals surface area contributed by atoms with Crippen molar-refractivity contribution < 1.29 is 89.3 Å². The van der Waals surface area contributed by atoms with Crippen LogP contribution in [0.15, 0.2) is 103 Å². The van der Waals surface area contributed by atoms with Crippen LogP contribution in [0.1, 0.15) is 24.1 Å². The molecule has 2 heterocycles. The first kappa shape index (κ1) is 55.8. The average Bonchev–Trinajstić information content (AvgIpc) is 3.86. The quantitative estimate of drug-likeness (QED) is 0.0142. The lowest BCUT2D eigenvalue weighted by atomic mass is 10.1. The van der Waals surface area contributed by atoms with E-state index in [9.17, 15) is 79.9 Å². The summed E-state index contributed by atoms with van der Waals surface area (Å²) in [5.41, 5.74) is -3.18. The third-order valence-corrected chi connectivity index (χ3v) is 15.7. The van der Waals surface area contributed by atoms with Gasteiger partial charge < -0.3 is 19.7 Å². The van der Waals surface area contributed by atoms with Gasteiger partial charge in [-0.25, -0.2) is 0 Å². The molecule has 0 bridgehead atoms. The van der Waals surface area contributed by atoms with Gasteiger partial charge in [0.05, 0.1) is 47.9 Å². The lowest BCUT2D eigenvalue weighted by Crippen LogP contribution is -2.09. The number of hydrogen-bond donors (Lipinski definition) is 7. The van der Waals surface area contributed by atoms with Crippen LogP contribution in [-0.2, 0) is 60.1 Å². The molecule has 0 atom stereocenters. The number of esters is 1. The molecule has 0 aliphatic carbocycles. The topological polar surface area (TPSA) is 466 Å². The van der Waals surface area contributed by atoms with Gasteiger partial charge in [-0.05, 0) is 68.3 Å². The fourth-order valence-electron chi connectivity index (χ4n) is 6.17.